The fourth-order valence-electron chi connectivity index (χ4n) is 2.40. The highest BCUT2D eigenvalue weighted by Crippen LogP contribution is 2.19. The number of hydrogen-bond donors (Lipinski definition) is 1. The maximum atomic E-state index is 12.0. The molecule has 1 atom stereocenters. The summed E-state index contributed by atoms with van der Waals surface area (Å²) < 4.78 is 5.44. The number of rotatable bonds is 5. The Kier molecular flexibility index (Phi) is 5.50. The predicted molar refractivity (Wildman–Crippen MR) is 81.2 cm³/mol. The Morgan fingerprint density at radius 2 is 2.23 bits per heavy atom. The zero-order chi connectivity index (χ0) is 15.9. The molecule has 1 heterocycles. The molecule has 1 fully saturated rings. The fourth-order valence-corrected chi connectivity index (χ4v) is 2.40. The third kappa shape index (κ3) is 4.06. The standard InChI is InChI=1S/C16H19N3O3/c1-12(20)19(15-7-3-2-5-13(15)9-17)11-16(21)18-10-14-6-4-8-22-14/h2-3,5,7,14H,4,6,8,10-11H2,1H3,(H,18,21). The van der Waals surface area contributed by atoms with Crippen LogP contribution in [0.5, 0.6) is 0 Å². The van der Waals surface area contributed by atoms with Crippen LogP contribution in [0.1, 0.15) is 25.3 Å². The van der Waals surface area contributed by atoms with Gasteiger partial charge in [-0.2, -0.15) is 5.26 Å². The Morgan fingerprint density at radius 1 is 1.45 bits per heavy atom. The van der Waals surface area contributed by atoms with Crippen LogP contribution in [0.25, 0.3) is 0 Å². The normalized spacial score (nSPS) is 16.8. The second-order valence-electron chi connectivity index (χ2n) is 5.17. The molecular formula is C16H19N3O3. The van der Waals surface area contributed by atoms with Crippen molar-refractivity contribution >= 4 is 17.5 Å². The molecule has 2 amide bonds. The van der Waals surface area contributed by atoms with E-state index in [0.717, 1.165) is 19.4 Å². The number of benzene rings is 1. The number of carbonyl (C=O) groups is 2. The van der Waals surface area contributed by atoms with Crippen LogP contribution in [0.15, 0.2) is 24.3 Å². The minimum Gasteiger partial charge on any atom is -0.376 e. The summed E-state index contributed by atoms with van der Waals surface area (Å²) in [4.78, 5) is 25.2. The first kappa shape index (κ1) is 16.0. The molecule has 116 valence electrons. The molecule has 1 aliphatic heterocycles. The van der Waals surface area contributed by atoms with Gasteiger partial charge in [-0.05, 0) is 25.0 Å². The van der Waals surface area contributed by atoms with E-state index >= 15 is 0 Å². The van der Waals surface area contributed by atoms with E-state index in [1.165, 1.54) is 11.8 Å². The highest BCUT2D eigenvalue weighted by atomic mass is 16.5. The maximum absolute atomic E-state index is 12.0. The smallest absolute Gasteiger partial charge is 0.240 e. The molecule has 22 heavy (non-hydrogen) atoms. The summed E-state index contributed by atoms with van der Waals surface area (Å²) >= 11 is 0. The summed E-state index contributed by atoms with van der Waals surface area (Å²) in [6.45, 7) is 2.45. The minimum absolute atomic E-state index is 0.0566. The van der Waals surface area contributed by atoms with Crippen molar-refractivity contribution in [1.29, 1.82) is 5.26 Å². The number of hydrogen-bond acceptors (Lipinski definition) is 4. The molecule has 2 rings (SSSR count). The summed E-state index contributed by atoms with van der Waals surface area (Å²) in [5.74, 6) is -0.548. The molecule has 6 nitrogen and oxygen atoms in total. The quantitative estimate of drug-likeness (QED) is 0.886. The van der Waals surface area contributed by atoms with Gasteiger partial charge in [-0.25, -0.2) is 0 Å². The largest absolute Gasteiger partial charge is 0.376 e. The highest BCUT2D eigenvalue weighted by Gasteiger charge is 2.20. The Hall–Kier alpha value is -2.39. The summed E-state index contributed by atoms with van der Waals surface area (Å²) in [6, 6.07) is 8.77. The lowest BCUT2D eigenvalue weighted by atomic mass is 10.1. The van der Waals surface area contributed by atoms with Gasteiger partial charge in [0.2, 0.25) is 11.8 Å². The SMILES string of the molecule is CC(=O)N(CC(=O)NCC1CCCO1)c1ccccc1C#N. The molecule has 1 aliphatic rings. The topological polar surface area (TPSA) is 82.4 Å². The van der Waals surface area contributed by atoms with Crippen molar-refractivity contribution in [1.82, 2.24) is 5.32 Å². The fraction of sp³-hybridized carbons (Fsp3) is 0.438. The summed E-state index contributed by atoms with van der Waals surface area (Å²) in [6.07, 6.45) is 2.00. The number of nitrogens with one attached hydrogen (secondary N) is 1. The molecular weight excluding hydrogens is 282 g/mol. The summed E-state index contributed by atoms with van der Waals surface area (Å²) in [7, 11) is 0. The van der Waals surface area contributed by atoms with Gasteiger partial charge < -0.3 is 15.0 Å². The average Bonchev–Trinajstić information content (AvgIpc) is 3.03. The van der Waals surface area contributed by atoms with Gasteiger partial charge in [-0.1, -0.05) is 12.1 Å². The average molecular weight is 301 g/mol. The van der Waals surface area contributed by atoms with Crippen LogP contribution >= 0.6 is 0 Å². The first-order valence-corrected chi connectivity index (χ1v) is 7.27. The predicted octanol–water partition coefficient (Wildman–Crippen LogP) is 1.21. The monoisotopic (exact) mass is 301 g/mol. The number of carbonyl (C=O) groups excluding carboxylic acids is 2. The van der Waals surface area contributed by atoms with Crippen molar-refractivity contribution in [3.8, 4) is 6.07 Å². The molecule has 1 N–H and O–H groups in total. The van der Waals surface area contributed by atoms with Crippen molar-refractivity contribution in [2.45, 2.75) is 25.9 Å². The second kappa shape index (κ2) is 7.57. The molecule has 1 unspecified atom stereocenters. The molecule has 0 saturated carbocycles. The molecule has 1 aromatic carbocycles. The van der Waals surface area contributed by atoms with E-state index in [4.69, 9.17) is 10.00 Å². The second-order valence-corrected chi connectivity index (χ2v) is 5.17. The zero-order valence-electron chi connectivity index (χ0n) is 12.5. The van der Waals surface area contributed by atoms with Crippen molar-refractivity contribution in [2.75, 3.05) is 24.6 Å². The van der Waals surface area contributed by atoms with Crippen LogP contribution in [0, 0.1) is 11.3 Å². The summed E-state index contributed by atoms with van der Waals surface area (Å²) in [5.41, 5.74) is 0.814. The van der Waals surface area contributed by atoms with Gasteiger partial charge in [0.25, 0.3) is 0 Å². The van der Waals surface area contributed by atoms with E-state index < -0.39 is 0 Å². The van der Waals surface area contributed by atoms with Gasteiger partial charge in [0.05, 0.1) is 17.4 Å². The highest BCUT2D eigenvalue weighted by molar-refractivity contribution is 5.98. The van der Waals surface area contributed by atoms with Gasteiger partial charge in [0.1, 0.15) is 12.6 Å². The van der Waals surface area contributed by atoms with Gasteiger partial charge in [-0.3, -0.25) is 9.59 Å². The van der Waals surface area contributed by atoms with Crippen LogP contribution in [0.4, 0.5) is 5.69 Å². The van der Waals surface area contributed by atoms with Crippen LogP contribution in [-0.4, -0.2) is 37.6 Å². The number of ether oxygens (including phenoxy) is 1. The van der Waals surface area contributed by atoms with Crippen LogP contribution in [0.2, 0.25) is 0 Å². The lowest BCUT2D eigenvalue weighted by Crippen LogP contribution is -2.42. The van der Waals surface area contributed by atoms with Crippen LogP contribution in [-0.2, 0) is 14.3 Å². The van der Waals surface area contributed by atoms with Gasteiger partial charge in [0.15, 0.2) is 0 Å². The number of para-hydroxylation sites is 1. The third-order valence-electron chi connectivity index (χ3n) is 3.55. The Bertz CT molecular complexity index is 589. The minimum atomic E-state index is -0.282. The lowest BCUT2D eigenvalue weighted by molar-refractivity contribution is -0.123. The van der Waals surface area contributed by atoms with Gasteiger partial charge in [0, 0.05) is 20.1 Å². The Morgan fingerprint density at radius 3 is 2.86 bits per heavy atom. The van der Waals surface area contributed by atoms with Gasteiger partial charge >= 0.3 is 0 Å². The Balaban J connectivity index is 2.01. The lowest BCUT2D eigenvalue weighted by Gasteiger charge is -2.22. The van der Waals surface area contributed by atoms with E-state index in [-0.39, 0.29) is 24.5 Å². The molecule has 1 saturated heterocycles. The molecule has 0 aromatic heterocycles. The third-order valence-corrected chi connectivity index (χ3v) is 3.55. The zero-order valence-corrected chi connectivity index (χ0v) is 12.5. The van der Waals surface area contributed by atoms with E-state index in [9.17, 15) is 9.59 Å². The van der Waals surface area contributed by atoms with Crippen LogP contribution < -0.4 is 10.2 Å². The Labute approximate surface area is 129 Å². The first-order valence-electron chi connectivity index (χ1n) is 7.27. The van der Waals surface area contributed by atoms with Crippen molar-refractivity contribution in [2.24, 2.45) is 0 Å². The molecule has 1 aromatic rings. The number of amides is 2. The molecule has 0 spiro atoms. The van der Waals surface area contributed by atoms with E-state index in [0.29, 0.717) is 17.8 Å². The maximum Gasteiger partial charge on any atom is 0.240 e. The van der Waals surface area contributed by atoms with E-state index in [2.05, 4.69) is 5.32 Å². The molecule has 0 radical (unpaired) electrons. The van der Waals surface area contributed by atoms with Crippen molar-refractivity contribution in [3.63, 3.8) is 0 Å². The molecule has 0 bridgehead atoms. The molecule has 6 heteroatoms. The first-order chi connectivity index (χ1) is 10.6. The number of nitriles is 1. The van der Waals surface area contributed by atoms with Crippen LogP contribution in [0.3, 0.4) is 0 Å². The van der Waals surface area contributed by atoms with Crippen molar-refractivity contribution in [3.05, 3.63) is 29.8 Å². The van der Waals surface area contributed by atoms with E-state index in [1.54, 1.807) is 24.3 Å². The van der Waals surface area contributed by atoms with Gasteiger partial charge in [-0.15, -0.1) is 0 Å². The number of anilines is 1. The van der Waals surface area contributed by atoms with Crippen molar-refractivity contribution < 1.29 is 14.3 Å². The summed E-state index contributed by atoms with van der Waals surface area (Å²) in [5, 5.41) is 11.9. The molecule has 0 aliphatic carbocycles. The number of nitrogens with zero attached hydrogens (tertiary/aromatic N) is 2. The van der Waals surface area contributed by atoms with E-state index in [1.807, 2.05) is 6.07 Å².